The molecule has 1 aromatic carbocycles. The van der Waals surface area contributed by atoms with Gasteiger partial charge in [0, 0.05) is 11.9 Å². The van der Waals surface area contributed by atoms with Crippen molar-refractivity contribution in [1.29, 1.82) is 0 Å². The van der Waals surface area contributed by atoms with Crippen LogP contribution in [0.15, 0.2) is 55.0 Å². The van der Waals surface area contributed by atoms with Crippen LogP contribution in [0.3, 0.4) is 0 Å². The Balaban J connectivity index is 1.45. The molecule has 1 atom stereocenters. The van der Waals surface area contributed by atoms with Crippen molar-refractivity contribution in [3.8, 4) is 0 Å². The molecule has 0 saturated carbocycles. The zero-order valence-corrected chi connectivity index (χ0v) is 18.4. The Bertz CT molecular complexity index is 1350. The first-order valence-electron chi connectivity index (χ1n) is 9.50. The number of benzene rings is 1. The Labute approximate surface area is 194 Å². The Hall–Kier alpha value is -3.44. The summed E-state index contributed by atoms with van der Waals surface area (Å²) in [5, 5.41) is 9.33. The van der Waals surface area contributed by atoms with Crippen molar-refractivity contribution in [2.45, 2.75) is 19.1 Å². The largest absolute Gasteiger partial charge is 0.417 e. The lowest BCUT2D eigenvalue weighted by Crippen LogP contribution is -2.26. The molecule has 0 aliphatic heterocycles. The zero-order chi connectivity index (χ0) is 23.8. The van der Waals surface area contributed by atoms with Gasteiger partial charge < -0.3 is 10.6 Å². The molecule has 3 aromatic heterocycles. The standard InChI is InChI=1S/C21H15ClF3N5O2S/c1-11(28-18(31)13-9-27-30-7-3-2-4-16(13)30)20-26-10-17(33-20)19(32)29-12-5-6-15(22)14(8-12)21(23,24)25/h2-11H,1H3,(H,28,31)(H,29,32). The maximum atomic E-state index is 13.0. The fourth-order valence-electron chi connectivity index (χ4n) is 3.05. The summed E-state index contributed by atoms with van der Waals surface area (Å²) >= 11 is 6.62. The fourth-order valence-corrected chi connectivity index (χ4v) is 4.09. The van der Waals surface area contributed by atoms with Crippen LogP contribution in [0.4, 0.5) is 18.9 Å². The highest BCUT2D eigenvalue weighted by molar-refractivity contribution is 7.13. The van der Waals surface area contributed by atoms with Crippen LogP contribution < -0.4 is 10.6 Å². The van der Waals surface area contributed by atoms with Crippen LogP contribution in [0.2, 0.25) is 5.02 Å². The number of pyridine rings is 1. The Kier molecular flexibility index (Phi) is 6.09. The van der Waals surface area contributed by atoms with Crippen molar-refractivity contribution in [3.05, 3.63) is 81.0 Å². The van der Waals surface area contributed by atoms with Gasteiger partial charge in [-0.1, -0.05) is 17.7 Å². The van der Waals surface area contributed by atoms with E-state index >= 15 is 0 Å². The second-order valence-electron chi connectivity index (χ2n) is 6.99. The van der Waals surface area contributed by atoms with Gasteiger partial charge in [-0.05, 0) is 37.3 Å². The molecule has 0 fully saturated rings. The molecule has 0 aliphatic carbocycles. The van der Waals surface area contributed by atoms with E-state index in [9.17, 15) is 22.8 Å². The van der Waals surface area contributed by atoms with E-state index in [1.54, 1.807) is 35.8 Å². The van der Waals surface area contributed by atoms with E-state index < -0.39 is 28.7 Å². The van der Waals surface area contributed by atoms with Crippen molar-refractivity contribution in [1.82, 2.24) is 19.9 Å². The average molecular weight is 494 g/mol. The number of nitrogens with zero attached hydrogens (tertiary/aromatic N) is 3. The summed E-state index contributed by atoms with van der Waals surface area (Å²) in [6, 6.07) is 7.93. The van der Waals surface area contributed by atoms with Gasteiger partial charge >= 0.3 is 6.18 Å². The monoisotopic (exact) mass is 493 g/mol. The second-order valence-corrected chi connectivity index (χ2v) is 8.46. The van der Waals surface area contributed by atoms with E-state index in [4.69, 9.17) is 11.6 Å². The zero-order valence-electron chi connectivity index (χ0n) is 16.9. The molecule has 12 heteroatoms. The molecular formula is C21H15ClF3N5O2S. The summed E-state index contributed by atoms with van der Waals surface area (Å²) in [7, 11) is 0. The molecule has 3 heterocycles. The lowest BCUT2D eigenvalue weighted by molar-refractivity contribution is -0.137. The molecule has 2 amide bonds. The van der Waals surface area contributed by atoms with Gasteiger partial charge in [0.2, 0.25) is 0 Å². The number of thiazole rings is 1. The lowest BCUT2D eigenvalue weighted by Gasteiger charge is -2.11. The summed E-state index contributed by atoms with van der Waals surface area (Å²) in [4.78, 5) is 29.5. The SMILES string of the molecule is CC(NC(=O)c1cnn2ccccc12)c1ncc(C(=O)Nc2ccc(Cl)c(C(F)(F)F)c2)s1. The number of aromatic nitrogens is 3. The van der Waals surface area contributed by atoms with E-state index in [1.165, 1.54) is 18.5 Å². The van der Waals surface area contributed by atoms with Crippen LogP contribution in [-0.4, -0.2) is 26.4 Å². The number of halogens is 4. The maximum Gasteiger partial charge on any atom is 0.417 e. The van der Waals surface area contributed by atoms with E-state index in [2.05, 4.69) is 20.7 Å². The van der Waals surface area contributed by atoms with Crippen LogP contribution in [0, 0.1) is 0 Å². The third-order valence-corrected chi connectivity index (χ3v) is 6.17. The predicted octanol–water partition coefficient (Wildman–Crippen LogP) is 5.21. The third-order valence-electron chi connectivity index (χ3n) is 4.67. The van der Waals surface area contributed by atoms with Crippen molar-refractivity contribution < 1.29 is 22.8 Å². The quantitative estimate of drug-likeness (QED) is 0.399. The van der Waals surface area contributed by atoms with E-state index in [1.807, 2.05) is 0 Å². The molecule has 7 nitrogen and oxygen atoms in total. The minimum atomic E-state index is -4.65. The van der Waals surface area contributed by atoms with Gasteiger partial charge in [-0.15, -0.1) is 11.3 Å². The molecule has 0 spiro atoms. The Morgan fingerprint density at radius 2 is 1.94 bits per heavy atom. The Morgan fingerprint density at radius 3 is 2.70 bits per heavy atom. The molecule has 1 unspecified atom stereocenters. The second kappa shape index (κ2) is 8.83. The highest BCUT2D eigenvalue weighted by atomic mass is 35.5. The number of hydrogen-bond acceptors (Lipinski definition) is 5. The fraction of sp³-hybridized carbons (Fsp3) is 0.143. The molecule has 0 saturated heterocycles. The number of hydrogen-bond donors (Lipinski definition) is 2. The molecule has 0 bridgehead atoms. The number of alkyl halides is 3. The van der Waals surface area contributed by atoms with Gasteiger partial charge in [0.1, 0.15) is 9.88 Å². The van der Waals surface area contributed by atoms with Crippen LogP contribution in [0.1, 0.15) is 43.6 Å². The van der Waals surface area contributed by atoms with Gasteiger partial charge in [-0.25, -0.2) is 9.50 Å². The molecule has 0 radical (unpaired) electrons. The number of carbonyl (C=O) groups excluding carboxylic acids is 2. The molecule has 4 rings (SSSR count). The smallest absolute Gasteiger partial charge is 0.343 e. The highest BCUT2D eigenvalue weighted by Crippen LogP contribution is 2.36. The number of rotatable bonds is 5. The average Bonchev–Trinajstić information content (AvgIpc) is 3.42. The van der Waals surface area contributed by atoms with Crippen molar-refractivity contribution in [3.63, 3.8) is 0 Å². The van der Waals surface area contributed by atoms with Crippen LogP contribution in [0.5, 0.6) is 0 Å². The summed E-state index contributed by atoms with van der Waals surface area (Å²) in [5.74, 6) is -0.985. The first-order chi connectivity index (χ1) is 15.6. The van der Waals surface area contributed by atoms with Crippen LogP contribution in [0.25, 0.3) is 5.52 Å². The molecule has 0 aliphatic rings. The molecule has 4 aromatic rings. The molecule has 170 valence electrons. The number of anilines is 1. The molecule has 2 N–H and O–H groups in total. The lowest BCUT2D eigenvalue weighted by atomic mass is 10.2. The van der Waals surface area contributed by atoms with Gasteiger partial charge in [0.15, 0.2) is 0 Å². The van der Waals surface area contributed by atoms with Crippen molar-refractivity contribution in [2.75, 3.05) is 5.32 Å². The summed E-state index contributed by atoms with van der Waals surface area (Å²) in [6.45, 7) is 1.71. The summed E-state index contributed by atoms with van der Waals surface area (Å²) in [5.41, 5.74) is -0.0696. The summed E-state index contributed by atoms with van der Waals surface area (Å²) in [6.07, 6.45) is -0.170. The van der Waals surface area contributed by atoms with E-state index in [0.717, 1.165) is 23.5 Å². The minimum absolute atomic E-state index is 0.0545. The normalized spacial score (nSPS) is 12.5. The number of amides is 2. The first kappa shape index (κ1) is 22.7. The number of nitrogens with one attached hydrogen (secondary N) is 2. The maximum absolute atomic E-state index is 13.0. The predicted molar refractivity (Wildman–Crippen MR) is 118 cm³/mol. The number of fused-ring (bicyclic) bond motifs is 1. The van der Waals surface area contributed by atoms with Crippen molar-refractivity contribution >= 4 is 46.0 Å². The summed E-state index contributed by atoms with van der Waals surface area (Å²) < 4.78 is 40.7. The van der Waals surface area contributed by atoms with Crippen LogP contribution >= 0.6 is 22.9 Å². The Morgan fingerprint density at radius 1 is 1.15 bits per heavy atom. The third kappa shape index (κ3) is 4.83. The topological polar surface area (TPSA) is 88.4 Å². The minimum Gasteiger partial charge on any atom is -0.343 e. The molecule has 33 heavy (non-hydrogen) atoms. The van der Waals surface area contributed by atoms with E-state index in [-0.39, 0.29) is 16.5 Å². The van der Waals surface area contributed by atoms with Gasteiger partial charge in [0.05, 0.1) is 40.1 Å². The van der Waals surface area contributed by atoms with Crippen molar-refractivity contribution in [2.24, 2.45) is 0 Å². The van der Waals surface area contributed by atoms with Gasteiger partial charge in [-0.3, -0.25) is 9.59 Å². The highest BCUT2D eigenvalue weighted by Gasteiger charge is 2.33. The first-order valence-corrected chi connectivity index (χ1v) is 10.7. The van der Waals surface area contributed by atoms with Gasteiger partial charge in [-0.2, -0.15) is 18.3 Å². The van der Waals surface area contributed by atoms with E-state index in [0.29, 0.717) is 16.1 Å². The van der Waals surface area contributed by atoms with Gasteiger partial charge in [0.25, 0.3) is 11.8 Å². The molecular weight excluding hydrogens is 479 g/mol. The van der Waals surface area contributed by atoms with Crippen LogP contribution in [-0.2, 0) is 6.18 Å². The number of carbonyl (C=O) groups is 2.